The molecule has 1 aromatic carbocycles. The molecule has 1 unspecified atom stereocenters. The third-order valence-electron chi connectivity index (χ3n) is 4.90. The molecule has 3 heterocycles. The van der Waals surface area contributed by atoms with Gasteiger partial charge in [-0.05, 0) is 30.7 Å². The van der Waals surface area contributed by atoms with E-state index in [1.807, 2.05) is 31.4 Å². The van der Waals surface area contributed by atoms with E-state index in [9.17, 15) is 0 Å². The number of fused-ring (bicyclic) bond motifs is 1. The lowest BCUT2D eigenvalue weighted by Crippen LogP contribution is -2.00. The first kappa shape index (κ1) is 18.3. The summed E-state index contributed by atoms with van der Waals surface area (Å²) in [5, 5.41) is 3.06. The van der Waals surface area contributed by atoms with Crippen LogP contribution in [0.4, 0.5) is 5.69 Å². The Balaban J connectivity index is 1.76. The quantitative estimate of drug-likeness (QED) is 0.308. The number of aromatic nitrogens is 4. The number of nitrogens with zero attached hydrogens (tertiary/aromatic N) is 2. The molecule has 142 valence electrons. The van der Waals surface area contributed by atoms with Crippen LogP contribution in [-0.4, -0.2) is 32.4 Å². The molecule has 5 nitrogen and oxygen atoms in total. The van der Waals surface area contributed by atoms with E-state index in [0.717, 1.165) is 45.1 Å². The molecule has 4 aromatic rings. The number of halogens is 1. The highest BCUT2D eigenvalue weighted by Crippen LogP contribution is 2.30. The first-order chi connectivity index (χ1) is 13.6. The number of anilines is 1. The summed E-state index contributed by atoms with van der Waals surface area (Å²) in [6, 6.07) is 10.3. The summed E-state index contributed by atoms with van der Waals surface area (Å²) in [5.74, 6) is 0. The van der Waals surface area contributed by atoms with Crippen LogP contribution in [0.5, 0.6) is 0 Å². The summed E-state index contributed by atoms with van der Waals surface area (Å²) < 4.78 is 0. The standard InChI is InChI=1S/C22H22ClN5/c1-4-15(23)10-18-13(2)8-19(27-18)17-11-25-22-21(17)28-20(12-26-22)14-6-5-7-16(9-14)24-3/h4-9,11-12,15,24,27H,1,10H2,2-3H3,(H,25,26). The van der Waals surface area contributed by atoms with Gasteiger partial charge in [-0.25, -0.2) is 9.97 Å². The number of rotatable bonds is 6. The van der Waals surface area contributed by atoms with Gasteiger partial charge in [-0.2, -0.15) is 0 Å². The fraction of sp³-hybridized carbons (Fsp3) is 0.182. The number of aromatic amines is 2. The zero-order valence-corrected chi connectivity index (χ0v) is 16.6. The van der Waals surface area contributed by atoms with Gasteiger partial charge < -0.3 is 15.3 Å². The number of benzene rings is 1. The lowest BCUT2D eigenvalue weighted by molar-refractivity contribution is 0.956. The molecule has 0 aliphatic rings. The summed E-state index contributed by atoms with van der Waals surface area (Å²) in [6.07, 6.45) is 6.21. The van der Waals surface area contributed by atoms with Gasteiger partial charge in [0.05, 0.1) is 17.3 Å². The number of aryl methyl sites for hydroxylation is 1. The second-order valence-electron chi connectivity index (χ2n) is 6.79. The molecular formula is C22H22ClN5. The zero-order valence-electron chi connectivity index (χ0n) is 15.9. The van der Waals surface area contributed by atoms with Crippen molar-refractivity contribution in [2.45, 2.75) is 18.7 Å². The van der Waals surface area contributed by atoms with Crippen molar-refractivity contribution in [1.29, 1.82) is 0 Å². The van der Waals surface area contributed by atoms with Crippen LogP contribution in [0.15, 0.2) is 55.4 Å². The topological polar surface area (TPSA) is 69.4 Å². The number of alkyl halides is 1. The van der Waals surface area contributed by atoms with Crippen molar-refractivity contribution in [3.63, 3.8) is 0 Å². The minimum absolute atomic E-state index is 0.0981. The van der Waals surface area contributed by atoms with Gasteiger partial charge >= 0.3 is 0 Å². The summed E-state index contributed by atoms with van der Waals surface area (Å²) in [7, 11) is 1.90. The lowest BCUT2D eigenvalue weighted by atomic mass is 10.1. The molecule has 6 heteroatoms. The smallest absolute Gasteiger partial charge is 0.156 e. The molecule has 0 saturated carbocycles. The highest BCUT2D eigenvalue weighted by molar-refractivity contribution is 6.21. The molecule has 0 spiro atoms. The normalized spacial score (nSPS) is 12.2. The monoisotopic (exact) mass is 391 g/mol. The van der Waals surface area contributed by atoms with Gasteiger partial charge in [-0.1, -0.05) is 18.2 Å². The summed E-state index contributed by atoms with van der Waals surface area (Å²) in [5.41, 5.74) is 8.77. The molecule has 0 bridgehead atoms. The van der Waals surface area contributed by atoms with Crippen LogP contribution in [0.1, 0.15) is 11.3 Å². The molecule has 4 rings (SSSR count). The Bertz CT molecular complexity index is 1140. The molecule has 1 atom stereocenters. The van der Waals surface area contributed by atoms with Gasteiger partial charge in [-0.3, -0.25) is 0 Å². The van der Waals surface area contributed by atoms with Crippen molar-refractivity contribution in [3.05, 3.63) is 66.6 Å². The first-order valence-electron chi connectivity index (χ1n) is 9.17. The van der Waals surface area contributed by atoms with Gasteiger partial charge in [0.2, 0.25) is 0 Å². The van der Waals surface area contributed by atoms with Gasteiger partial charge in [0, 0.05) is 47.9 Å². The Hall–Kier alpha value is -3.05. The summed E-state index contributed by atoms with van der Waals surface area (Å²) >= 11 is 6.24. The van der Waals surface area contributed by atoms with Gasteiger partial charge in [0.25, 0.3) is 0 Å². The average Bonchev–Trinajstić information content (AvgIpc) is 3.30. The van der Waals surface area contributed by atoms with E-state index >= 15 is 0 Å². The largest absolute Gasteiger partial charge is 0.388 e. The molecule has 0 fully saturated rings. The number of H-pyrrole nitrogens is 2. The van der Waals surface area contributed by atoms with E-state index in [4.69, 9.17) is 16.6 Å². The second-order valence-corrected chi connectivity index (χ2v) is 7.35. The van der Waals surface area contributed by atoms with Crippen molar-refractivity contribution < 1.29 is 0 Å². The highest BCUT2D eigenvalue weighted by Gasteiger charge is 2.15. The van der Waals surface area contributed by atoms with E-state index in [2.05, 4.69) is 45.9 Å². The van der Waals surface area contributed by atoms with Crippen LogP contribution in [-0.2, 0) is 6.42 Å². The number of allylic oxidation sites excluding steroid dienone is 1. The Morgan fingerprint density at radius 1 is 1.32 bits per heavy atom. The van der Waals surface area contributed by atoms with Gasteiger partial charge in [0.1, 0.15) is 5.52 Å². The number of hydrogen-bond acceptors (Lipinski definition) is 3. The molecular weight excluding hydrogens is 370 g/mol. The van der Waals surface area contributed by atoms with Crippen LogP contribution in [0.2, 0.25) is 0 Å². The number of nitrogens with one attached hydrogen (secondary N) is 3. The summed E-state index contributed by atoms with van der Waals surface area (Å²) in [4.78, 5) is 16.2. The van der Waals surface area contributed by atoms with Crippen LogP contribution in [0, 0.1) is 6.92 Å². The molecule has 0 aliphatic heterocycles. The maximum atomic E-state index is 6.24. The van der Waals surface area contributed by atoms with E-state index in [1.165, 1.54) is 5.56 Å². The van der Waals surface area contributed by atoms with Crippen LogP contribution in [0.3, 0.4) is 0 Å². The lowest BCUT2D eigenvalue weighted by Gasteiger charge is -2.05. The van der Waals surface area contributed by atoms with Crippen LogP contribution >= 0.6 is 11.6 Å². The first-order valence-corrected chi connectivity index (χ1v) is 9.60. The Labute approximate surface area is 168 Å². The number of hydrogen-bond donors (Lipinski definition) is 3. The molecule has 0 radical (unpaired) electrons. The highest BCUT2D eigenvalue weighted by atomic mass is 35.5. The van der Waals surface area contributed by atoms with E-state index in [1.54, 1.807) is 12.3 Å². The Kier molecular flexibility index (Phi) is 4.92. The minimum Gasteiger partial charge on any atom is -0.388 e. The third-order valence-corrected chi connectivity index (χ3v) is 5.23. The maximum absolute atomic E-state index is 6.24. The average molecular weight is 392 g/mol. The molecule has 0 amide bonds. The van der Waals surface area contributed by atoms with Crippen molar-refractivity contribution in [3.8, 4) is 22.5 Å². The second kappa shape index (κ2) is 7.52. The van der Waals surface area contributed by atoms with Crippen molar-refractivity contribution in [1.82, 2.24) is 19.9 Å². The SMILES string of the molecule is C=CC(Cl)Cc1[nH]c(-c2c[nH]c3ncc(-c4cccc(NC)c4)nc23)cc1C. The molecule has 0 aliphatic carbocycles. The molecule has 0 saturated heterocycles. The molecule has 28 heavy (non-hydrogen) atoms. The zero-order chi connectivity index (χ0) is 19.7. The fourth-order valence-electron chi connectivity index (χ4n) is 3.31. The molecule has 3 N–H and O–H groups in total. The minimum atomic E-state index is -0.0981. The third kappa shape index (κ3) is 3.41. The van der Waals surface area contributed by atoms with E-state index in [0.29, 0.717) is 6.42 Å². The maximum Gasteiger partial charge on any atom is 0.156 e. The van der Waals surface area contributed by atoms with Crippen LogP contribution < -0.4 is 5.32 Å². The van der Waals surface area contributed by atoms with Crippen LogP contribution in [0.25, 0.3) is 33.7 Å². The Morgan fingerprint density at radius 2 is 2.18 bits per heavy atom. The van der Waals surface area contributed by atoms with E-state index < -0.39 is 0 Å². The van der Waals surface area contributed by atoms with E-state index in [-0.39, 0.29) is 5.38 Å². The van der Waals surface area contributed by atoms with Gasteiger partial charge in [0.15, 0.2) is 5.65 Å². The van der Waals surface area contributed by atoms with Crippen molar-refractivity contribution >= 4 is 28.5 Å². The van der Waals surface area contributed by atoms with Crippen molar-refractivity contribution in [2.24, 2.45) is 0 Å². The Morgan fingerprint density at radius 3 is 2.96 bits per heavy atom. The van der Waals surface area contributed by atoms with Crippen molar-refractivity contribution in [2.75, 3.05) is 12.4 Å². The molecule has 3 aromatic heterocycles. The fourth-order valence-corrected chi connectivity index (χ4v) is 3.46. The summed E-state index contributed by atoms with van der Waals surface area (Å²) in [6.45, 7) is 5.84. The predicted octanol–water partition coefficient (Wildman–Crippen LogP) is 5.31. The van der Waals surface area contributed by atoms with Gasteiger partial charge in [-0.15, -0.1) is 18.2 Å². The predicted molar refractivity (Wildman–Crippen MR) is 117 cm³/mol.